The fourth-order valence-corrected chi connectivity index (χ4v) is 3.79. The molecule has 0 aliphatic carbocycles. The second kappa shape index (κ2) is 18.1. The minimum atomic E-state index is -0.918. The number of carbonyl (C=O) groups is 3. The molecule has 0 saturated carbocycles. The summed E-state index contributed by atoms with van der Waals surface area (Å²) in [5.41, 5.74) is 1.12. The molecule has 0 aliphatic rings. The predicted octanol–water partition coefficient (Wildman–Crippen LogP) is 5.51. The van der Waals surface area contributed by atoms with Gasteiger partial charge in [0.25, 0.3) is 5.91 Å². The van der Waals surface area contributed by atoms with E-state index in [9.17, 15) is 14.4 Å². The van der Waals surface area contributed by atoms with Gasteiger partial charge in [0, 0.05) is 28.2 Å². The molecule has 0 fully saturated rings. The van der Waals surface area contributed by atoms with E-state index >= 15 is 0 Å². The summed E-state index contributed by atoms with van der Waals surface area (Å²) in [6, 6.07) is 7.42. The van der Waals surface area contributed by atoms with E-state index < -0.39 is 18.1 Å². The van der Waals surface area contributed by atoms with Gasteiger partial charge in [0.15, 0.2) is 5.71 Å². The third-order valence-electron chi connectivity index (χ3n) is 5.35. The molecule has 0 aromatic heterocycles. The monoisotopic (exact) mass is 551 g/mol. The van der Waals surface area contributed by atoms with E-state index in [0.29, 0.717) is 5.75 Å². The molecule has 1 aromatic carbocycles. The molecule has 0 N–H and O–H groups in total. The summed E-state index contributed by atoms with van der Waals surface area (Å²) >= 11 is 0.742. The molecule has 0 heterocycles. The lowest BCUT2D eigenvalue weighted by Crippen LogP contribution is -2.35. The maximum Gasteiger partial charge on any atom is 0.447 e. The van der Waals surface area contributed by atoms with Gasteiger partial charge in [-0.05, 0) is 37.5 Å². The highest BCUT2D eigenvalue weighted by molar-refractivity contribution is 7.95. The van der Waals surface area contributed by atoms with Crippen molar-refractivity contribution in [1.29, 1.82) is 0 Å². The maximum atomic E-state index is 12.5. The summed E-state index contributed by atoms with van der Waals surface area (Å²) in [5, 5.41) is 7.29. The Labute approximate surface area is 230 Å². The molecule has 0 bridgehead atoms. The number of hydrogen-bond acceptors (Lipinski definition) is 9. The summed E-state index contributed by atoms with van der Waals surface area (Å²) < 4.78 is 7.54. The zero-order valence-corrected chi connectivity index (χ0v) is 24.4. The number of amides is 3. The van der Waals surface area contributed by atoms with E-state index in [1.165, 1.54) is 91.2 Å². The van der Waals surface area contributed by atoms with Gasteiger partial charge >= 0.3 is 12.2 Å². The topological polar surface area (TPSA) is 113 Å². The third-order valence-corrected chi connectivity index (χ3v) is 6.14. The minimum absolute atomic E-state index is 0.128. The molecule has 0 aliphatic heterocycles. The lowest BCUT2D eigenvalue weighted by Gasteiger charge is -2.20. The SMILES string of the molecule is CCCCCCCCCc1ccc(OC(=O)N(C)SN(C)C(=O)ON=C(C(=O)N(C)C)C(C)=NOC)cc1. The van der Waals surface area contributed by atoms with Crippen molar-refractivity contribution in [3.8, 4) is 5.75 Å². The van der Waals surface area contributed by atoms with Crippen LogP contribution in [0.3, 0.4) is 0 Å². The van der Waals surface area contributed by atoms with Crippen LogP contribution in [0, 0.1) is 0 Å². The van der Waals surface area contributed by atoms with Crippen LogP contribution in [0.5, 0.6) is 5.75 Å². The van der Waals surface area contributed by atoms with Crippen LogP contribution in [-0.4, -0.2) is 78.3 Å². The number of rotatable bonds is 15. The first-order valence-electron chi connectivity index (χ1n) is 12.7. The van der Waals surface area contributed by atoms with Crippen LogP contribution >= 0.6 is 12.1 Å². The van der Waals surface area contributed by atoms with Gasteiger partial charge < -0.3 is 14.5 Å². The average Bonchev–Trinajstić information content (AvgIpc) is 2.88. The highest BCUT2D eigenvalue weighted by atomic mass is 32.2. The van der Waals surface area contributed by atoms with E-state index in [2.05, 4.69) is 22.1 Å². The zero-order valence-electron chi connectivity index (χ0n) is 23.6. The second-order valence-corrected chi connectivity index (χ2v) is 10.1. The van der Waals surface area contributed by atoms with E-state index in [1.807, 2.05) is 12.1 Å². The van der Waals surface area contributed by atoms with E-state index in [4.69, 9.17) is 9.57 Å². The Morgan fingerprint density at radius 1 is 0.842 bits per heavy atom. The smallest absolute Gasteiger partial charge is 0.410 e. The van der Waals surface area contributed by atoms with Gasteiger partial charge in [0.1, 0.15) is 18.6 Å². The van der Waals surface area contributed by atoms with Crippen LogP contribution in [0.2, 0.25) is 0 Å². The van der Waals surface area contributed by atoms with Gasteiger partial charge in [0.2, 0.25) is 0 Å². The van der Waals surface area contributed by atoms with Crippen LogP contribution in [0.4, 0.5) is 9.59 Å². The van der Waals surface area contributed by atoms with Gasteiger partial charge in [-0.15, -0.1) is 0 Å². The summed E-state index contributed by atoms with van der Waals surface area (Å²) in [5.74, 6) is -0.124. The predicted molar refractivity (Wildman–Crippen MR) is 150 cm³/mol. The molecular formula is C26H41N5O6S. The van der Waals surface area contributed by atoms with E-state index in [0.717, 1.165) is 33.6 Å². The van der Waals surface area contributed by atoms with Gasteiger partial charge in [-0.2, -0.15) is 0 Å². The molecule has 0 saturated heterocycles. The van der Waals surface area contributed by atoms with Crippen molar-refractivity contribution in [2.45, 2.75) is 65.2 Å². The Bertz CT molecular complexity index is 952. The lowest BCUT2D eigenvalue weighted by molar-refractivity contribution is -0.121. The number of ether oxygens (including phenoxy) is 1. The number of hydrogen-bond donors (Lipinski definition) is 0. The van der Waals surface area contributed by atoms with Gasteiger partial charge in [-0.3, -0.25) is 9.63 Å². The fraction of sp³-hybridized carbons (Fsp3) is 0.577. The molecule has 38 heavy (non-hydrogen) atoms. The van der Waals surface area contributed by atoms with Crippen molar-refractivity contribution in [2.75, 3.05) is 35.3 Å². The minimum Gasteiger partial charge on any atom is -0.410 e. The first-order chi connectivity index (χ1) is 18.1. The molecule has 0 unspecified atom stereocenters. The molecule has 0 atom stereocenters. The Morgan fingerprint density at radius 2 is 1.42 bits per heavy atom. The Hall–Kier alpha value is -3.28. The van der Waals surface area contributed by atoms with Crippen molar-refractivity contribution in [3.05, 3.63) is 29.8 Å². The highest BCUT2D eigenvalue weighted by Gasteiger charge is 2.23. The van der Waals surface area contributed by atoms with Gasteiger partial charge in [0.05, 0.1) is 12.1 Å². The second-order valence-electron chi connectivity index (χ2n) is 8.82. The molecule has 1 rings (SSSR count). The van der Waals surface area contributed by atoms with Crippen LogP contribution in [-0.2, 0) is 20.9 Å². The van der Waals surface area contributed by atoms with E-state index in [1.54, 1.807) is 12.1 Å². The Kier molecular flexibility index (Phi) is 15.6. The first kappa shape index (κ1) is 32.7. The fourth-order valence-electron chi connectivity index (χ4n) is 3.22. The van der Waals surface area contributed by atoms with Gasteiger partial charge in [-0.1, -0.05) is 67.9 Å². The Morgan fingerprint density at radius 3 is 2.00 bits per heavy atom. The van der Waals surface area contributed by atoms with Crippen LogP contribution in [0.15, 0.2) is 34.6 Å². The van der Waals surface area contributed by atoms with Crippen molar-refractivity contribution >= 4 is 41.7 Å². The summed E-state index contributed by atoms with van der Waals surface area (Å²) in [4.78, 5) is 47.9. The molecule has 11 nitrogen and oxygen atoms in total. The molecule has 0 spiro atoms. The molecule has 12 heteroatoms. The summed E-state index contributed by atoms with van der Waals surface area (Å²) in [7, 11) is 7.19. The largest absolute Gasteiger partial charge is 0.447 e. The quantitative estimate of drug-likeness (QED) is 0.0929. The molecule has 1 aromatic rings. The number of aryl methyl sites for hydroxylation is 1. The molecular weight excluding hydrogens is 510 g/mol. The molecule has 3 amide bonds. The Balaban J connectivity index is 2.56. The molecule has 0 radical (unpaired) electrons. The maximum absolute atomic E-state index is 12.5. The number of unbranched alkanes of at least 4 members (excludes halogenated alkanes) is 6. The first-order valence-corrected chi connectivity index (χ1v) is 13.4. The van der Waals surface area contributed by atoms with Crippen molar-refractivity contribution < 1.29 is 28.8 Å². The van der Waals surface area contributed by atoms with Gasteiger partial charge in [-0.25, -0.2) is 18.2 Å². The third kappa shape index (κ3) is 12.3. The number of carbonyl (C=O) groups excluding carboxylic acids is 3. The number of oxime groups is 2. The normalized spacial score (nSPS) is 11.6. The average molecular weight is 552 g/mol. The van der Waals surface area contributed by atoms with Crippen molar-refractivity contribution in [2.24, 2.45) is 10.3 Å². The van der Waals surface area contributed by atoms with Crippen molar-refractivity contribution in [1.82, 2.24) is 13.5 Å². The number of nitrogens with zero attached hydrogens (tertiary/aromatic N) is 5. The summed E-state index contributed by atoms with van der Waals surface area (Å²) in [6.07, 6.45) is 8.22. The summed E-state index contributed by atoms with van der Waals surface area (Å²) in [6.45, 7) is 3.71. The number of benzene rings is 1. The standard InChI is InChI=1S/C26H41N5O6S/c1-8-9-10-11-12-13-14-15-21-16-18-22(19-17-21)36-25(33)30(5)38-31(6)26(34)37-28-23(20(2)27-35-7)24(32)29(3)4/h16-19H,8-15H2,1-7H3. The van der Waals surface area contributed by atoms with Crippen LogP contribution in [0.25, 0.3) is 0 Å². The lowest BCUT2D eigenvalue weighted by atomic mass is 10.0. The van der Waals surface area contributed by atoms with Crippen molar-refractivity contribution in [3.63, 3.8) is 0 Å². The van der Waals surface area contributed by atoms with Crippen LogP contribution in [0.1, 0.15) is 64.4 Å². The van der Waals surface area contributed by atoms with E-state index in [-0.39, 0.29) is 11.4 Å². The highest BCUT2D eigenvalue weighted by Crippen LogP contribution is 2.19. The van der Waals surface area contributed by atoms with Crippen LogP contribution < -0.4 is 4.74 Å². The molecule has 212 valence electrons. The zero-order chi connectivity index (χ0) is 28.5.